The van der Waals surface area contributed by atoms with Crippen molar-refractivity contribution >= 4 is 50.9 Å². The molecule has 0 aliphatic heterocycles. The maximum absolute atomic E-state index is 12.8. The fraction of sp³-hybridized carbons (Fsp3) is 0. The number of carbonyl (C=O) groups excluding carboxylic acids is 2. The van der Waals surface area contributed by atoms with Gasteiger partial charge in [-0.2, -0.15) is 0 Å². The van der Waals surface area contributed by atoms with E-state index in [1.807, 2.05) is 24.3 Å². The highest BCUT2D eigenvalue weighted by molar-refractivity contribution is 7.21. The smallest absolute Gasteiger partial charge is 0.268 e. The summed E-state index contributed by atoms with van der Waals surface area (Å²) in [5, 5.41) is 1.15. The Morgan fingerprint density at radius 2 is 1.76 bits per heavy atom. The van der Waals surface area contributed by atoms with Crippen LogP contribution in [0, 0.1) is 5.82 Å². The van der Waals surface area contributed by atoms with Crippen LogP contribution < -0.4 is 10.9 Å². The van der Waals surface area contributed by atoms with E-state index in [2.05, 4.69) is 10.9 Å². The highest BCUT2D eigenvalue weighted by atomic mass is 35.5. The molecule has 0 saturated heterocycles. The molecule has 126 valence electrons. The second-order valence-electron chi connectivity index (χ2n) is 5.07. The van der Waals surface area contributed by atoms with Gasteiger partial charge in [-0.05, 0) is 29.8 Å². The summed E-state index contributed by atoms with van der Waals surface area (Å²) in [7, 11) is 0. The summed E-state index contributed by atoms with van der Waals surface area (Å²) in [5.41, 5.74) is 5.27. The predicted molar refractivity (Wildman–Crippen MR) is 97.9 cm³/mol. The molecule has 2 aromatic carbocycles. The summed E-state index contributed by atoms with van der Waals surface area (Å²) in [6.45, 7) is 0. The molecule has 0 bridgehead atoms. The van der Waals surface area contributed by atoms with E-state index in [0.29, 0.717) is 15.5 Å². The Bertz CT molecular complexity index is 967. The van der Waals surface area contributed by atoms with Crippen molar-refractivity contribution in [2.75, 3.05) is 0 Å². The predicted octanol–water partition coefficient (Wildman–Crippen LogP) is 4.17. The van der Waals surface area contributed by atoms with E-state index in [1.54, 1.807) is 0 Å². The molecule has 2 amide bonds. The Morgan fingerprint density at radius 3 is 2.48 bits per heavy atom. The molecule has 2 N–H and O–H groups in total. The lowest BCUT2D eigenvalue weighted by atomic mass is 10.2. The SMILES string of the molecule is O=C(/C=C/c1ccc(F)cc1)NNC(=O)c1sc2ccccc2c1Cl. The van der Waals surface area contributed by atoms with Crippen molar-refractivity contribution in [2.45, 2.75) is 0 Å². The molecule has 0 saturated carbocycles. The van der Waals surface area contributed by atoms with E-state index < -0.39 is 11.8 Å². The molecule has 0 fully saturated rings. The maximum atomic E-state index is 12.8. The van der Waals surface area contributed by atoms with Crippen LogP contribution in [-0.2, 0) is 4.79 Å². The van der Waals surface area contributed by atoms with E-state index in [9.17, 15) is 14.0 Å². The molecule has 0 radical (unpaired) electrons. The minimum Gasteiger partial charge on any atom is -0.268 e. The lowest BCUT2D eigenvalue weighted by molar-refractivity contribution is -0.117. The standard InChI is InChI=1S/C18H12ClFN2O2S/c19-16-13-3-1-2-4-14(13)25-17(16)18(24)22-21-15(23)10-7-11-5-8-12(20)9-6-11/h1-10H,(H,21,23)(H,22,24)/b10-7+. The summed E-state index contributed by atoms with van der Waals surface area (Å²) >= 11 is 7.46. The zero-order chi connectivity index (χ0) is 17.8. The van der Waals surface area contributed by atoms with E-state index >= 15 is 0 Å². The first kappa shape index (κ1) is 17.1. The van der Waals surface area contributed by atoms with Gasteiger partial charge in [-0.15, -0.1) is 11.3 Å². The third-order valence-corrected chi connectivity index (χ3v) is 5.01. The molecule has 0 unspecified atom stereocenters. The van der Waals surface area contributed by atoms with Crippen molar-refractivity contribution in [1.82, 2.24) is 10.9 Å². The fourth-order valence-corrected chi connectivity index (χ4v) is 3.53. The Hall–Kier alpha value is -2.70. The first-order valence-electron chi connectivity index (χ1n) is 7.25. The zero-order valence-electron chi connectivity index (χ0n) is 12.8. The second kappa shape index (κ2) is 7.46. The van der Waals surface area contributed by atoms with Crippen LogP contribution in [-0.4, -0.2) is 11.8 Å². The van der Waals surface area contributed by atoms with Gasteiger partial charge in [-0.3, -0.25) is 20.4 Å². The van der Waals surface area contributed by atoms with Crippen molar-refractivity contribution in [3.63, 3.8) is 0 Å². The van der Waals surface area contributed by atoms with Gasteiger partial charge in [-0.1, -0.05) is 41.9 Å². The molecule has 0 aliphatic carbocycles. The van der Waals surface area contributed by atoms with Gasteiger partial charge in [0.1, 0.15) is 10.7 Å². The summed E-state index contributed by atoms with van der Waals surface area (Å²) < 4.78 is 13.7. The number of amides is 2. The number of hydrogen-bond donors (Lipinski definition) is 2. The minimum absolute atomic E-state index is 0.325. The molecule has 25 heavy (non-hydrogen) atoms. The topological polar surface area (TPSA) is 58.2 Å². The molecule has 3 rings (SSSR count). The number of hydrazine groups is 1. The molecular formula is C18H12ClFN2O2S. The molecule has 0 aliphatic rings. The van der Waals surface area contributed by atoms with Crippen molar-refractivity contribution in [3.05, 3.63) is 75.9 Å². The normalized spacial score (nSPS) is 11.0. The number of carbonyl (C=O) groups is 2. The zero-order valence-corrected chi connectivity index (χ0v) is 14.3. The number of benzene rings is 2. The van der Waals surface area contributed by atoms with E-state index in [-0.39, 0.29) is 5.82 Å². The van der Waals surface area contributed by atoms with Crippen LogP contribution in [0.15, 0.2) is 54.6 Å². The first-order chi connectivity index (χ1) is 12.0. The van der Waals surface area contributed by atoms with Crippen LogP contribution in [0.25, 0.3) is 16.2 Å². The van der Waals surface area contributed by atoms with Gasteiger partial charge < -0.3 is 0 Å². The Morgan fingerprint density at radius 1 is 1.04 bits per heavy atom. The molecule has 4 nitrogen and oxygen atoms in total. The third kappa shape index (κ3) is 4.04. The van der Waals surface area contributed by atoms with Crippen LogP contribution in [0.3, 0.4) is 0 Å². The van der Waals surface area contributed by atoms with Gasteiger partial charge >= 0.3 is 0 Å². The first-order valence-corrected chi connectivity index (χ1v) is 8.45. The van der Waals surface area contributed by atoms with Gasteiger partial charge in [0, 0.05) is 16.2 Å². The Balaban J connectivity index is 1.62. The van der Waals surface area contributed by atoms with Crippen LogP contribution in [0.4, 0.5) is 4.39 Å². The molecule has 7 heteroatoms. The summed E-state index contributed by atoms with van der Waals surface area (Å²) in [6.07, 6.45) is 2.74. The fourth-order valence-electron chi connectivity index (χ4n) is 2.12. The number of halogens is 2. The van der Waals surface area contributed by atoms with E-state index in [1.165, 1.54) is 47.8 Å². The summed E-state index contributed by atoms with van der Waals surface area (Å²) in [6, 6.07) is 13.1. The lowest BCUT2D eigenvalue weighted by Gasteiger charge is -2.03. The molecule has 3 aromatic rings. The van der Waals surface area contributed by atoms with Crippen molar-refractivity contribution in [1.29, 1.82) is 0 Å². The second-order valence-corrected chi connectivity index (χ2v) is 6.50. The number of rotatable bonds is 3. The highest BCUT2D eigenvalue weighted by Crippen LogP contribution is 2.34. The molecule has 0 atom stereocenters. The van der Waals surface area contributed by atoms with Gasteiger partial charge in [0.15, 0.2) is 0 Å². The van der Waals surface area contributed by atoms with Crippen LogP contribution in [0.1, 0.15) is 15.2 Å². The van der Waals surface area contributed by atoms with E-state index in [4.69, 9.17) is 11.6 Å². The summed E-state index contributed by atoms with van der Waals surface area (Å²) in [4.78, 5) is 24.3. The number of fused-ring (bicyclic) bond motifs is 1. The number of nitrogens with one attached hydrogen (secondary N) is 2. The molecular weight excluding hydrogens is 363 g/mol. The number of thiophene rings is 1. The molecule has 1 heterocycles. The van der Waals surface area contributed by atoms with Crippen molar-refractivity contribution in [3.8, 4) is 0 Å². The third-order valence-electron chi connectivity index (χ3n) is 3.34. The average Bonchev–Trinajstić information content (AvgIpc) is 2.96. The molecule has 1 aromatic heterocycles. The number of hydrogen-bond acceptors (Lipinski definition) is 3. The summed E-state index contributed by atoms with van der Waals surface area (Å²) in [5.74, 6) is -1.36. The average molecular weight is 375 g/mol. The largest absolute Gasteiger partial charge is 0.281 e. The Labute approximate surface area is 151 Å². The van der Waals surface area contributed by atoms with Crippen molar-refractivity contribution < 1.29 is 14.0 Å². The van der Waals surface area contributed by atoms with Gasteiger partial charge in [-0.25, -0.2) is 4.39 Å². The van der Waals surface area contributed by atoms with Crippen LogP contribution in [0.2, 0.25) is 5.02 Å². The van der Waals surface area contributed by atoms with Crippen LogP contribution in [0.5, 0.6) is 0 Å². The van der Waals surface area contributed by atoms with Crippen molar-refractivity contribution in [2.24, 2.45) is 0 Å². The maximum Gasteiger partial charge on any atom is 0.281 e. The van der Waals surface area contributed by atoms with Gasteiger partial charge in [0.05, 0.1) is 5.02 Å². The monoisotopic (exact) mass is 374 g/mol. The van der Waals surface area contributed by atoms with E-state index in [0.717, 1.165) is 10.1 Å². The highest BCUT2D eigenvalue weighted by Gasteiger charge is 2.16. The Kier molecular flexibility index (Phi) is 5.11. The lowest BCUT2D eigenvalue weighted by Crippen LogP contribution is -2.40. The minimum atomic E-state index is -0.519. The van der Waals surface area contributed by atoms with Crippen LogP contribution >= 0.6 is 22.9 Å². The quantitative estimate of drug-likeness (QED) is 0.534. The van der Waals surface area contributed by atoms with Gasteiger partial charge in [0.25, 0.3) is 11.8 Å². The molecule has 0 spiro atoms. The van der Waals surface area contributed by atoms with Gasteiger partial charge in [0.2, 0.25) is 0 Å².